The molecule has 1 N–H and O–H groups in total. The van der Waals surface area contributed by atoms with Gasteiger partial charge in [0.2, 0.25) is 0 Å². The van der Waals surface area contributed by atoms with Gasteiger partial charge in [-0.25, -0.2) is 4.79 Å². The predicted octanol–water partition coefficient (Wildman–Crippen LogP) is 3.34. The van der Waals surface area contributed by atoms with Gasteiger partial charge in [-0.1, -0.05) is 43.2 Å². The molecule has 1 saturated carbocycles. The normalized spacial score (nSPS) is 25.2. The zero-order chi connectivity index (χ0) is 17.4. The second kappa shape index (κ2) is 6.21. The summed E-state index contributed by atoms with van der Waals surface area (Å²) in [6, 6.07) is 10.6. The van der Waals surface area contributed by atoms with Gasteiger partial charge in [-0.05, 0) is 25.3 Å². The molecule has 1 aliphatic heterocycles. The first-order valence-electron chi connectivity index (χ1n) is 9.21. The van der Waals surface area contributed by atoms with Crippen molar-refractivity contribution in [3.05, 3.63) is 53.3 Å². The molecule has 4 rings (SSSR count). The van der Waals surface area contributed by atoms with Crippen LogP contribution in [0.25, 0.3) is 0 Å². The number of hydrogen-bond donors (Lipinski definition) is 1. The number of fused-ring (bicyclic) bond motifs is 1. The molecule has 5 heteroatoms. The highest BCUT2D eigenvalue weighted by Crippen LogP contribution is 2.53. The van der Waals surface area contributed by atoms with Crippen molar-refractivity contribution in [1.82, 2.24) is 20.0 Å². The van der Waals surface area contributed by atoms with E-state index in [0.29, 0.717) is 12.5 Å². The number of nitrogens with one attached hydrogen (secondary N) is 1. The fraction of sp³-hybridized carbons (Fsp3) is 0.500. The van der Waals surface area contributed by atoms with Crippen LogP contribution in [0, 0.1) is 12.8 Å². The number of nitrogens with zero attached hydrogens (tertiary/aromatic N) is 3. The van der Waals surface area contributed by atoms with Crippen LogP contribution in [-0.4, -0.2) is 27.3 Å². The molecule has 2 heterocycles. The molecule has 1 aromatic carbocycles. The van der Waals surface area contributed by atoms with Gasteiger partial charge in [0.1, 0.15) is 0 Å². The number of carbonyl (C=O) groups is 1. The summed E-state index contributed by atoms with van der Waals surface area (Å²) in [4.78, 5) is 15.0. The van der Waals surface area contributed by atoms with Crippen LogP contribution in [0.15, 0.2) is 36.5 Å². The molecule has 25 heavy (non-hydrogen) atoms. The number of aryl methyl sites for hydroxylation is 1. The molecule has 5 nitrogen and oxygen atoms in total. The van der Waals surface area contributed by atoms with Gasteiger partial charge in [-0.3, -0.25) is 4.68 Å². The van der Waals surface area contributed by atoms with E-state index >= 15 is 0 Å². The number of carbonyl (C=O) groups excluding carboxylic acids is 1. The number of aromatic nitrogens is 2. The molecule has 0 bridgehead atoms. The fourth-order valence-corrected chi connectivity index (χ4v) is 4.61. The van der Waals surface area contributed by atoms with Crippen LogP contribution in [0.5, 0.6) is 0 Å². The first kappa shape index (κ1) is 16.2. The minimum Gasteiger partial charge on any atom is -0.334 e. The molecular weight excluding hydrogens is 312 g/mol. The smallest absolute Gasteiger partial charge is 0.318 e. The van der Waals surface area contributed by atoms with E-state index in [1.165, 1.54) is 24.8 Å². The standard InChI is InChI=1S/C20H26N4O/c1-15-16(13-22-23(15)2)12-21-19(25)24-14-18-10-6-7-11-20(18,24)17-8-4-3-5-9-17/h3-5,8-9,13,18H,6-7,10-12,14H2,1-2H3,(H,21,25)/t18-,20+/m1/s1. The van der Waals surface area contributed by atoms with Crippen LogP contribution in [0.2, 0.25) is 0 Å². The Morgan fingerprint density at radius 2 is 2.12 bits per heavy atom. The number of benzene rings is 1. The van der Waals surface area contributed by atoms with Gasteiger partial charge in [0.25, 0.3) is 0 Å². The highest BCUT2D eigenvalue weighted by atomic mass is 16.2. The lowest BCUT2D eigenvalue weighted by atomic mass is 9.62. The van der Waals surface area contributed by atoms with Gasteiger partial charge in [-0.15, -0.1) is 0 Å². The van der Waals surface area contributed by atoms with Crippen molar-refractivity contribution < 1.29 is 4.79 Å². The average molecular weight is 338 g/mol. The Morgan fingerprint density at radius 3 is 2.80 bits per heavy atom. The maximum atomic E-state index is 12.9. The summed E-state index contributed by atoms with van der Waals surface area (Å²) in [6.07, 6.45) is 6.60. The molecule has 2 atom stereocenters. The third-order valence-electron chi connectivity index (χ3n) is 6.21. The van der Waals surface area contributed by atoms with Crippen LogP contribution < -0.4 is 5.32 Å². The van der Waals surface area contributed by atoms with E-state index in [1.54, 1.807) is 0 Å². The van der Waals surface area contributed by atoms with Crippen LogP contribution in [0.1, 0.15) is 42.5 Å². The second-order valence-electron chi connectivity index (χ2n) is 7.38. The molecular formula is C20H26N4O. The highest BCUT2D eigenvalue weighted by molar-refractivity contribution is 5.77. The van der Waals surface area contributed by atoms with E-state index in [9.17, 15) is 4.79 Å². The van der Waals surface area contributed by atoms with Gasteiger partial charge in [0.05, 0.1) is 11.7 Å². The molecule has 132 valence electrons. The third-order valence-corrected chi connectivity index (χ3v) is 6.21. The van der Waals surface area contributed by atoms with E-state index in [4.69, 9.17) is 0 Å². The SMILES string of the molecule is Cc1c(CNC(=O)N2C[C@H]3CCCC[C@]32c2ccccc2)cnn1C. The summed E-state index contributed by atoms with van der Waals surface area (Å²) in [5.41, 5.74) is 3.36. The van der Waals surface area contributed by atoms with Crippen molar-refractivity contribution >= 4 is 6.03 Å². The van der Waals surface area contributed by atoms with Crippen LogP contribution in [0.3, 0.4) is 0 Å². The molecule has 2 amide bonds. The summed E-state index contributed by atoms with van der Waals surface area (Å²) in [5.74, 6) is 0.592. The zero-order valence-corrected chi connectivity index (χ0v) is 15.0. The Hall–Kier alpha value is -2.30. The van der Waals surface area contributed by atoms with Gasteiger partial charge in [0, 0.05) is 37.3 Å². The summed E-state index contributed by atoms with van der Waals surface area (Å²) >= 11 is 0. The lowest BCUT2D eigenvalue weighted by molar-refractivity contribution is -0.0794. The minimum absolute atomic E-state index is 0.0465. The zero-order valence-electron chi connectivity index (χ0n) is 15.0. The Bertz CT molecular complexity index is 769. The summed E-state index contributed by atoms with van der Waals surface area (Å²) in [5, 5.41) is 7.37. The van der Waals surface area contributed by atoms with Gasteiger partial charge in [0.15, 0.2) is 0 Å². The maximum absolute atomic E-state index is 12.9. The summed E-state index contributed by atoms with van der Waals surface area (Å²) in [6.45, 7) is 3.43. The van der Waals surface area contributed by atoms with Crippen molar-refractivity contribution in [3.8, 4) is 0 Å². The lowest BCUT2D eigenvalue weighted by Crippen LogP contribution is -2.69. The van der Waals surface area contributed by atoms with E-state index in [-0.39, 0.29) is 11.6 Å². The molecule has 0 radical (unpaired) electrons. The van der Waals surface area contributed by atoms with Gasteiger partial charge >= 0.3 is 6.03 Å². The third kappa shape index (κ3) is 2.53. The number of likely N-dealkylation sites (tertiary alicyclic amines) is 1. The van der Waals surface area contributed by atoms with Crippen molar-refractivity contribution in [2.45, 2.75) is 44.7 Å². The molecule has 1 aliphatic carbocycles. The van der Waals surface area contributed by atoms with E-state index in [2.05, 4.69) is 39.6 Å². The largest absolute Gasteiger partial charge is 0.334 e. The van der Waals surface area contributed by atoms with Gasteiger partial charge in [-0.2, -0.15) is 5.10 Å². The average Bonchev–Trinajstić information content (AvgIpc) is 2.94. The molecule has 1 aromatic heterocycles. The van der Waals surface area contributed by atoms with Crippen molar-refractivity contribution in [2.24, 2.45) is 13.0 Å². The van der Waals surface area contributed by atoms with E-state index in [1.807, 2.05) is 30.9 Å². The van der Waals surface area contributed by atoms with Crippen molar-refractivity contribution in [2.75, 3.05) is 6.54 Å². The molecule has 0 spiro atoms. The molecule has 0 unspecified atom stereocenters. The highest BCUT2D eigenvalue weighted by Gasteiger charge is 2.56. The monoisotopic (exact) mass is 338 g/mol. The summed E-state index contributed by atoms with van der Waals surface area (Å²) < 4.78 is 1.84. The number of amides is 2. The Labute approximate surface area is 149 Å². The van der Waals surface area contributed by atoms with Crippen LogP contribution >= 0.6 is 0 Å². The first-order chi connectivity index (χ1) is 12.1. The van der Waals surface area contributed by atoms with Crippen LogP contribution in [0.4, 0.5) is 4.79 Å². The molecule has 1 saturated heterocycles. The second-order valence-corrected chi connectivity index (χ2v) is 7.38. The van der Waals surface area contributed by atoms with Crippen molar-refractivity contribution in [3.63, 3.8) is 0 Å². The van der Waals surface area contributed by atoms with E-state index < -0.39 is 0 Å². The Kier molecular flexibility index (Phi) is 4.02. The summed E-state index contributed by atoms with van der Waals surface area (Å²) in [7, 11) is 1.92. The molecule has 2 aromatic rings. The lowest BCUT2D eigenvalue weighted by Gasteiger charge is -2.61. The predicted molar refractivity (Wildman–Crippen MR) is 97.0 cm³/mol. The number of hydrogen-bond acceptors (Lipinski definition) is 2. The topological polar surface area (TPSA) is 50.2 Å². The molecule has 2 aliphatic rings. The fourth-order valence-electron chi connectivity index (χ4n) is 4.61. The Balaban J connectivity index is 1.53. The maximum Gasteiger partial charge on any atom is 0.318 e. The molecule has 2 fully saturated rings. The number of urea groups is 1. The quantitative estimate of drug-likeness (QED) is 0.933. The first-order valence-corrected chi connectivity index (χ1v) is 9.21. The van der Waals surface area contributed by atoms with Crippen LogP contribution in [-0.2, 0) is 19.1 Å². The number of rotatable bonds is 3. The van der Waals surface area contributed by atoms with E-state index in [0.717, 1.165) is 24.2 Å². The van der Waals surface area contributed by atoms with Crippen molar-refractivity contribution in [1.29, 1.82) is 0 Å². The minimum atomic E-state index is -0.104. The Morgan fingerprint density at radius 1 is 1.32 bits per heavy atom. The van der Waals surface area contributed by atoms with Gasteiger partial charge < -0.3 is 10.2 Å².